The zero-order chi connectivity index (χ0) is 12.7. The van der Waals surface area contributed by atoms with Crippen molar-refractivity contribution >= 4 is 11.6 Å². The molecule has 0 heterocycles. The predicted molar refractivity (Wildman–Crippen MR) is 73.7 cm³/mol. The topological polar surface area (TPSA) is 21.3 Å². The summed E-state index contributed by atoms with van der Waals surface area (Å²) in [6.45, 7) is 2.10. The lowest BCUT2D eigenvalue weighted by molar-refractivity contribution is 0.106. The first-order chi connectivity index (χ1) is 8.17. The molecule has 96 valence electrons. The smallest absolute Gasteiger partial charge is 0.0543 e. The first kappa shape index (κ1) is 14.5. The van der Waals surface area contributed by atoms with Crippen molar-refractivity contribution in [3.63, 3.8) is 0 Å². The van der Waals surface area contributed by atoms with E-state index in [1.54, 1.807) is 7.11 Å². The van der Waals surface area contributed by atoms with Crippen LogP contribution in [0.25, 0.3) is 0 Å². The second-order valence-electron chi connectivity index (χ2n) is 4.40. The molecule has 0 aromatic heterocycles. The van der Waals surface area contributed by atoms with Gasteiger partial charge in [0.05, 0.1) is 6.10 Å². The van der Waals surface area contributed by atoms with Gasteiger partial charge in [0.1, 0.15) is 0 Å². The summed E-state index contributed by atoms with van der Waals surface area (Å²) in [7, 11) is 3.76. The van der Waals surface area contributed by atoms with E-state index in [-0.39, 0.29) is 0 Å². The molecule has 0 aliphatic heterocycles. The highest BCUT2D eigenvalue weighted by atomic mass is 35.5. The molecule has 17 heavy (non-hydrogen) atoms. The van der Waals surface area contributed by atoms with Gasteiger partial charge in [-0.2, -0.15) is 0 Å². The van der Waals surface area contributed by atoms with Crippen LogP contribution in [-0.2, 0) is 11.2 Å². The fourth-order valence-electron chi connectivity index (χ4n) is 1.83. The third kappa shape index (κ3) is 5.07. The highest BCUT2D eigenvalue weighted by molar-refractivity contribution is 6.31. The number of hydrogen-bond donors (Lipinski definition) is 1. The van der Waals surface area contributed by atoms with E-state index in [4.69, 9.17) is 16.3 Å². The summed E-state index contributed by atoms with van der Waals surface area (Å²) in [5, 5.41) is 4.20. The van der Waals surface area contributed by atoms with Crippen molar-refractivity contribution in [1.29, 1.82) is 0 Å². The monoisotopic (exact) mass is 255 g/mol. The van der Waals surface area contributed by atoms with Gasteiger partial charge >= 0.3 is 0 Å². The second-order valence-corrected chi connectivity index (χ2v) is 4.81. The van der Waals surface area contributed by atoms with Crippen LogP contribution in [0.5, 0.6) is 0 Å². The summed E-state index contributed by atoms with van der Waals surface area (Å²) >= 11 is 6.16. The van der Waals surface area contributed by atoms with Gasteiger partial charge in [-0.05, 0) is 44.9 Å². The molecule has 2 atom stereocenters. The van der Waals surface area contributed by atoms with Crippen molar-refractivity contribution in [2.75, 3.05) is 14.2 Å². The summed E-state index contributed by atoms with van der Waals surface area (Å²) in [6, 6.07) is 8.49. The van der Waals surface area contributed by atoms with Crippen molar-refractivity contribution in [2.45, 2.75) is 38.3 Å². The molecule has 1 aromatic carbocycles. The maximum atomic E-state index is 6.16. The molecule has 1 rings (SSSR count). The van der Waals surface area contributed by atoms with Crippen LogP contribution in [-0.4, -0.2) is 26.3 Å². The number of rotatable bonds is 7. The molecule has 0 amide bonds. The van der Waals surface area contributed by atoms with E-state index in [1.165, 1.54) is 5.56 Å². The predicted octanol–water partition coefficient (Wildman–Crippen LogP) is 3.29. The third-order valence-electron chi connectivity index (χ3n) is 3.16. The highest BCUT2D eigenvalue weighted by Crippen LogP contribution is 2.18. The van der Waals surface area contributed by atoms with E-state index in [9.17, 15) is 0 Å². The lowest BCUT2D eigenvalue weighted by Crippen LogP contribution is -2.28. The van der Waals surface area contributed by atoms with Gasteiger partial charge in [0.15, 0.2) is 0 Å². The zero-order valence-corrected chi connectivity index (χ0v) is 11.6. The van der Waals surface area contributed by atoms with Gasteiger partial charge in [-0.15, -0.1) is 0 Å². The molecule has 0 saturated carbocycles. The Kier molecular flexibility index (Phi) is 6.56. The lowest BCUT2D eigenvalue weighted by atomic mass is 10.0. The number of benzene rings is 1. The Morgan fingerprint density at radius 2 is 2.00 bits per heavy atom. The quantitative estimate of drug-likeness (QED) is 0.807. The van der Waals surface area contributed by atoms with Crippen LogP contribution in [0, 0.1) is 0 Å². The summed E-state index contributed by atoms with van der Waals surface area (Å²) in [4.78, 5) is 0. The molecular formula is C14H22ClNO. The van der Waals surface area contributed by atoms with Crippen molar-refractivity contribution in [2.24, 2.45) is 0 Å². The molecule has 0 fully saturated rings. The highest BCUT2D eigenvalue weighted by Gasteiger charge is 2.11. The van der Waals surface area contributed by atoms with E-state index >= 15 is 0 Å². The van der Waals surface area contributed by atoms with E-state index < -0.39 is 0 Å². The minimum atomic E-state index is 0.317. The van der Waals surface area contributed by atoms with Gasteiger partial charge in [-0.3, -0.25) is 0 Å². The van der Waals surface area contributed by atoms with Gasteiger partial charge in [0.25, 0.3) is 0 Å². The molecule has 1 N–H and O–H groups in total. The zero-order valence-electron chi connectivity index (χ0n) is 10.9. The van der Waals surface area contributed by atoms with Crippen molar-refractivity contribution in [3.05, 3.63) is 34.9 Å². The Hall–Kier alpha value is -0.570. The first-order valence-corrected chi connectivity index (χ1v) is 6.48. The van der Waals surface area contributed by atoms with Crippen LogP contribution < -0.4 is 5.32 Å². The molecule has 2 unspecified atom stereocenters. The molecule has 0 aliphatic rings. The normalized spacial score (nSPS) is 14.6. The van der Waals surface area contributed by atoms with Gasteiger partial charge in [-0.25, -0.2) is 0 Å². The molecule has 1 aromatic rings. The second kappa shape index (κ2) is 7.70. The van der Waals surface area contributed by atoms with Crippen LogP contribution in [0.3, 0.4) is 0 Å². The molecule has 3 heteroatoms. The van der Waals surface area contributed by atoms with Crippen LogP contribution in [0.15, 0.2) is 24.3 Å². The Morgan fingerprint density at radius 3 is 2.59 bits per heavy atom. The van der Waals surface area contributed by atoms with Gasteiger partial charge in [0.2, 0.25) is 0 Å². The number of ether oxygens (including phenoxy) is 1. The molecule has 0 radical (unpaired) electrons. The Balaban J connectivity index is 2.49. The minimum Gasteiger partial charge on any atom is -0.382 e. The average molecular weight is 256 g/mol. The number of halogens is 1. The van der Waals surface area contributed by atoms with Crippen LogP contribution >= 0.6 is 11.6 Å². The third-order valence-corrected chi connectivity index (χ3v) is 3.53. The van der Waals surface area contributed by atoms with Crippen LogP contribution in [0.2, 0.25) is 5.02 Å². The van der Waals surface area contributed by atoms with Crippen molar-refractivity contribution in [1.82, 2.24) is 5.32 Å². The van der Waals surface area contributed by atoms with E-state index in [0.29, 0.717) is 12.1 Å². The van der Waals surface area contributed by atoms with Gasteiger partial charge < -0.3 is 10.1 Å². The standard InChI is InChI=1S/C14H22ClNO/c1-11(17-3)8-9-13(16-2)10-12-6-4-5-7-14(12)15/h4-7,11,13,16H,8-10H2,1-3H3. The van der Waals surface area contributed by atoms with Crippen LogP contribution in [0.4, 0.5) is 0 Å². The Morgan fingerprint density at radius 1 is 1.29 bits per heavy atom. The Labute approximate surface area is 109 Å². The van der Waals surface area contributed by atoms with Crippen molar-refractivity contribution < 1.29 is 4.74 Å². The summed E-state index contributed by atoms with van der Waals surface area (Å²) < 4.78 is 5.27. The fraction of sp³-hybridized carbons (Fsp3) is 0.571. The molecule has 0 aliphatic carbocycles. The molecule has 2 nitrogen and oxygen atoms in total. The Bertz CT molecular complexity index is 330. The summed E-state index contributed by atoms with van der Waals surface area (Å²) in [5.41, 5.74) is 1.21. The number of hydrogen-bond acceptors (Lipinski definition) is 2. The maximum absolute atomic E-state index is 6.16. The number of nitrogens with one attached hydrogen (secondary N) is 1. The summed E-state index contributed by atoms with van der Waals surface area (Å²) in [6.07, 6.45) is 3.44. The number of methoxy groups -OCH3 is 1. The summed E-state index contributed by atoms with van der Waals surface area (Å²) in [5.74, 6) is 0. The lowest BCUT2D eigenvalue weighted by Gasteiger charge is -2.18. The average Bonchev–Trinajstić information content (AvgIpc) is 2.36. The van der Waals surface area contributed by atoms with Gasteiger partial charge in [0, 0.05) is 18.2 Å². The molecular weight excluding hydrogens is 234 g/mol. The minimum absolute atomic E-state index is 0.317. The first-order valence-electron chi connectivity index (χ1n) is 6.10. The molecule has 0 saturated heterocycles. The van der Waals surface area contributed by atoms with E-state index in [1.807, 2.05) is 25.2 Å². The largest absolute Gasteiger partial charge is 0.382 e. The maximum Gasteiger partial charge on any atom is 0.0543 e. The fourth-order valence-corrected chi connectivity index (χ4v) is 2.04. The number of likely N-dealkylation sites (N-methyl/N-ethyl adjacent to an activating group) is 1. The SMILES string of the molecule is CNC(CCC(C)OC)Cc1ccccc1Cl. The van der Waals surface area contributed by atoms with Gasteiger partial charge in [-0.1, -0.05) is 29.8 Å². The van der Waals surface area contributed by atoms with Crippen molar-refractivity contribution in [3.8, 4) is 0 Å². The molecule has 0 spiro atoms. The van der Waals surface area contributed by atoms with E-state index in [2.05, 4.69) is 18.3 Å². The van der Waals surface area contributed by atoms with Crippen LogP contribution in [0.1, 0.15) is 25.3 Å². The van der Waals surface area contributed by atoms with E-state index in [0.717, 1.165) is 24.3 Å². The molecule has 0 bridgehead atoms.